The molecule has 0 aliphatic carbocycles. The van der Waals surface area contributed by atoms with Crippen molar-refractivity contribution in [2.45, 2.75) is 25.9 Å². The van der Waals surface area contributed by atoms with E-state index in [9.17, 15) is 14.0 Å². The summed E-state index contributed by atoms with van der Waals surface area (Å²) >= 11 is 5.96. The Balaban J connectivity index is 2.19. The van der Waals surface area contributed by atoms with Crippen LogP contribution in [-0.4, -0.2) is 29.3 Å². The third-order valence-corrected chi connectivity index (χ3v) is 3.43. The maximum Gasteiger partial charge on any atom is 0.245 e. The second kappa shape index (κ2) is 5.57. The van der Waals surface area contributed by atoms with E-state index < -0.39 is 11.9 Å². The van der Waals surface area contributed by atoms with Crippen LogP contribution in [0.5, 0.6) is 0 Å². The van der Waals surface area contributed by atoms with Gasteiger partial charge in [-0.25, -0.2) is 4.39 Å². The summed E-state index contributed by atoms with van der Waals surface area (Å²) in [6.07, 6.45) is 0.526. The first kappa shape index (κ1) is 13.8. The number of rotatable bonds is 3. The van der Waals surface area contributed by atoms with Crippen LogP contribution in [0, 0.1) is 5.82 Å². The van der Waals surface area contributed by atoms with Gasteiger partial charge in [0.15, 0.2) is 0 Å². The molecule has 2 amide bonds. The molecule has 1 aliphatic heterocycles. The van der Waals surface area contributed by atoms with E-state index in [1.54, 1.807) is 0 Å². The number of hydrogen-bond donors (Lipinski definition) is 1. The molecule has 1 heterocycles. The molecule has 0 spiro atoms. The number of carbonyl (C=O) groups excluding carboxylic acids is 2. The first-order valence-corrected chi connectivity index (χ1v) is 6.41. The Labute approximate surface area is 115 Å². The van der Waals surface area contributed by atoms with Gasteiger partial charge < -0.3 is 10.2 Å². The van der Waals surface area contributed by atoms with Crippen molar-refractivity contribution in [3.8, 4) is 0 Å². The Bertz CT molecular complexity index is 521. The van der Waals surface area contributed by atoms with E-state index in [1.807, 2.05) is 6.92 Å². The van der Waals surface area contributed by atoms with Crippen LogP contribution in [0.4, 0.5) is 4.39 Å². The minimum atomic E-state index is -0.506. The maximum atomic E-state index is 13.2. The summed E-state index contributed by atoms with van der Waals surface area (Å²) < 4.78 is 13.2. The van der Waals surface area contributed by atoms with Gasteiger partial charge in [0.05, 0.1) is 6.54 Å². The molecule has 1 saturated heterocycles. The molecule has 6 heteroatoms. The largest absolute Gasteiger partial charge is 0.343 e. The monoisotopic (exact) mass is 284 g/mol. The molecule has 4 nitrogen and oxygen atoms in total. The van der Waals surface area contributed by atoms with Crippen molar-refractivity contribution in [2.24, 2.45) is 0 Å². The molecule has 19 heavy (non-hydrogen) atoms. The van der Waals surface area contributed by atoms with Gasteiger partial charge in [0, 0.05) is 11.6 Å². The fraction of sp³-hybridized carbons (Fsp3) is 0.385. The van der Waals surface area contributed by atoms with Gasteiger partial charge in [-0.05, 0) is 30.2 Å². The molecular formula is C13H14ClFN2O2. The molecule has 1 aromatic carbocycles. The van der Waals surface area contributed by atoms with Crippen molar-refractivity contribution >= 4 is 23.4 Å². The predicted molar refractivity (Wildman–Crippen MR) is 69.0 cm³/mol. The molecule has 0 radical (unpaired) electrons. The van der Waals surface area contributed by atoms with Crippen LogP contribution in [-0.2, 0) is 16.1 Å². The van der Waals surface area contributed by atoms with Crippen LogP contribution >= 0.6 is 11.6 Å². The zero-order valence-electron chi connectivity index (χ0n) is 10.5. The van der Waals surface area contributed by atoms with Crippen LogP contribution in [0.2, 0.25) is 5.02 Å². The zero-order chi connectivity index (χ0) is 14.0. The number of amides is 2. The SMILES string of the molecule is CCC1NC(=O)CN(Cc2cc(F)ccc2Cl)C1=O. The van der Waals surface area contributed by atoms with Crippen molar-refractivity contribution in [3.05, 3.63) is 34.6 Å². The summed E-state index contributed by atoms with van der Waals surface area (Å²) in [5, 5.41) is 3.00. The number of halogens is 2. The van der Waals surface area contributed by atoms with Gasteiger partial charge in [-0.3, -0.25) is 9.59 Å². The molecule has 1 aliphatic rings. The molecule has 1 N–H and O–H groups in total. The molecule has 0 bridgehead atoms. The molecule has 1 aromatic rings. The first-order chi connectivity index (χ1) is 9.01. The number of carbonyl (C=O) groups is 2. The minimum Gasteiger partial charge on any atom is -0.343 e. The smallest absolute Gasteiger partial charge is 0.245 e. The van der Waals surface area contributed by atoms with Gasteiger partial charge in [0.2, 0.25) is 11.8 Å². The Hall–Kier alpha value is -1.62. The highest BCUT2D eigenvalue weighted by Crippen LogP contribution is 2.20. The molecule has 102 valence electrons. The summed E-state index contributed by atoms with van der Waals surface area (Å²) in [6, 6.07) is 3.47. The summed E-state index contributed by atoms with van der Waals surface area (Å²) in [6.45, 7) is 1.93. The van der Waals surface area contributed by atoms with E-state index in [2.05, 4.69) is 5.32 Å². The molecule has 0 aromatic heterocycles. The first-order valence-electron chi connectivity index (χ1n) is 6.03. The van der Waals surface area contributed by atoms with Crippen molar-refractivity contribution in [1.82, 2.24) is 10.2 Å². The van der Waals surface area contributed by atoms with Gasteiger partial charge >= 0.3 is 0 Å². The van der Waals surface area contributed by atoms with Crippen LogP contribution in [0.1, 0.15) is 18.9 Å². The fourth-order valence-electron chi connectivity index (χ4n) is 2.05. The summed E-state index contributed by atoms with van der Waals surface area (Å²) in [5.74, 6) is -0.790. The van der Waals surface area contributed by atoms with E-state index in [-0.39, 0.29) is 24.9 Å². The van der Waals surface area contributed by atoms with Gasteiger partial charge in [-0.2, -0.15) is 0 Å². The van der Waals surface area contributed by atoms with Crippen molar-refractivity contribution in [3.63, 3.8) is 0 Å². The van der Waals surface area contributed by atoms with Crippen molar-refractivity contribution < 1.29 is 14.0 Å². The molecule has 0 saturated carbocycles. The van der Waals surface area contributed by atoms with Crippen molar-refractivity contribution in [2.75, 3.05) is 6.54 Å². The van der Waals surface area contributed by atoms with Gasteiger partial charge in [-0.1, -0.05) is 18.5 Å². The number of piperazine rings is 1. The maximum absolute atomic E-state index is 13.2. The fourth-order valence-corrected chi connectivity index (χ4v) is 2.23. The Morgan fingerprint density at radius 1 is 1.47 bits per heavy atom. The lowest BCUT2D eigenvalue weighted by Crippen LogP contribution is -2.57. The normalized spacial score (nSPS) is 19.5. The quantitative estimate of drug-likeness (QED) is 0.919. The minimum absolute atomic E-state index is 0.0256. The standard InChI is InChI=1S/C13H14ClFN2O2/c1-2-11-13(19)17(7-12(18)16-11)6-8-5-9(15)3-4-10(8)14/h3-5,11H,2,6-7H2,1H3,(H,16,18). The van der Waals surface area contributed by atoms with E-state index in [0.29, 0.717) is 17.0 Å². The summed E-state index contributed by atoms with van der Waals surface area (Å²) in [7, 11) is 0. The van der Waals surface area contributed by atoms with Crippen LogP contribution < -0.4 is 5.32 Å². The van der Waals surface area contributed by atoms with Crippen LogP contribution in [0.15, 0.2) is 18.2 Å². The second-order valence-electron chi connectivity index (χ2n) is 4.46. The lowest BCUT2D eigenvalue weighted by molar-refractivity contribution is -0.144. The number of hydrogen-bond acceptors (Lipinski definition) is 2. The van der Waals surface area contributed by atoms with Crippen LogP contribution in [0.25, 0.3) is 0 Å². The second-order valence-corrected chi connectivity index (χ2v) is 4.87. The lowest BCUT2D eigenvalue weighted by Gasteiger charge is -2.32. The summed E-state index contributed by atoms with van der Waals surface area (Å²) in [4.78, 5) is 25.0. The average molecular weight is 285 g/mol. The molecule has 2 rings (SSSR count). The van der Waals surface area contributed by atoms with E-state index in [4.69, 9.17) is 11.6 Å². The number of benzene rings is 1. The Kier molecular flexibility index (Phi) is 4.04. The van der Waals surface area contributed by atoms with E-state index >= 15 is 0 Å². The molecule has 1 atom stereocenters. The third-order valence-electron chi connectivity index (χ3n) is 3.06. The van der Waals surface area contributed by atoms with E-state index in [0.717, 1.165) is 0 Å². The lowest BCUT2D eigenvalue weighted by atomic mass is 10.1. The van der Waals surface area contributed by atoms with E-state index in [1.165, 1.54) is 23.1 Å². The number of nitrogens with one attached hydrogen (secondary N) is 1. The predicted octanol–water partition coefficient (Wildman–Crippen LogP) is 1.72. The van der Waals surface area contributed by atoms with Gasteiger partial charge in [0.1, 0.15) is 11.9 Å². The molecule has 1 unspecified atom stereocenters. The topological polar surface area (TPSA) is 49.4 Å². The van der Waals surface area contributed by atoms with Crippen LogP contribution in [0.3, 0.4) is 0 Å². The van der Waals surface area contributed by atoms with Crippen molar-refractivity contribution in [1.29, 1.82) is 0 Å². The summed E-state index contributed by atoms with van der Waals surface area (Å²) in [5.41, 5.74) is 0.500. The van der Waals surface area contributed by atoms with Gasteiger partial charge in [-0.15, -0.1) is 0 Å². The Morgan fingerprint density at radius 3 is 2.89 bits per heavy atom. The average Bonchev–Trinajstić information content (AvgIpc) is 2.37. The van der Waals surface area contributed by atoms with Gasteiger partial charge in [0.25, 0.3) is 0 Å². The third kappa shape index (κ3) is 3.04. The zero-order valence-corrected chi connectivity index (χ0v) is 11.2. The Morgan fingerprint density at radius 2 is 2.21 bits per heavy atom. The highest BCUT2D eigenvalue weighted by Gasteiger charge is 2.31. The number of nitrogens with zero attached hydrogens (tertiary/aromatic N) is 1. The highest BCUT2D eigenvalue weighted by molar-refractivity contribution is 6.31. The highest BCUT2D eigenvalue weighted by atomic mass is 35.5. The molecular weight excluding hydrogens is 271 g/mol. The molecule has 1 fully saturated rings.